The molecule has 10 nitrogen and oxygen atoms in total. The number of para-hydroxylation sites is 1. The predicted octanol–water partition coefficient (Wildman–Crippen LogP) is 2.65. The van der Waals surface area contributed by atoms with Crippen molar-refractivity contribution in [2.75, 3.05) is 27.3 Å². The van der Waals surface area contributed by atoms with Gasteiger partial charge < -0.3 is 19.5 Å². The molecule has 176 valence electrons. The SMILES string of the molecule is COc1ccc(-c2cn(-c3ccccc3)nc2C(=O)O[C@@H](C)C(=O)N2CCNC2=O)cc1OC. The molecule has 3 amide bonds. The quantitative estimate of drug-likeness (QED) is 0.535. The Bertz CT molecular complexity index is 1220. The van der Waals surface area contributed by atoms with Crippen molar-refractivity contribution in [1.82, 2.24) is 20.0 Å². The van der Waals surface area contributed by atoms with Crippen LogP contribution in [0.4, 0.5) is 4.79 Å². The molecule has 1 N–H and O–H groups in total. The first-order valence-corrected chi connectivity index (χ1v) is 10.6. The molecule has 4 rings (SSSR count). The van der Waals surface area contributed by atoms with Gasteiger partial charge in [-0.1, -0.05) is 24.3 Å². The van der Waals surface area contributed by atoms with Gasteiger partial charge in [0, 0.05) is 24.8 Å². The van der Waals surface area contributed by atoms with Crippen LogP contribution in [0.3, 0.4) is 0 Å². The van der Waals surface area contributed by atoms with Crippen molar-refractivity contribution < 1.29 is 28.6 Å². The third kappa shape index (κ3) is 4.42. The van der Waals surface area contributed by atoms with Crippen molar-refractivity contribution in [3.63, 3.8) is 0 Å². The number of esters is 1. The van der Waals surface area contributed by atoms with E-state index in [1.165, 1.54) is 21.1 Å². The molecule has 0 bridgehead atoms. The Labute approximate surface area is 196 Å². The molecule has 34 heavy (non-hydrogen) atoms. The lowest BCUT2D eigenvalue weighted by Gasteiger charge is -2.18. The number of ether oxygens (including phenoxy) is 3. The van der Waals surface area contributed by atoms with E-state index in [1.54, 1.807) is 29.1 Å². The van der Waals surface area contributed by atoms with Crippen molar-refractivity contribution >= 4 is 17.9 Å². The van der Waals surface area contributed by atoms with Crippen LogP contribution in [0.2, 0.25) is 0 Å². The highest BCUT2D eigenvalue weighted by atomic mass is 16.5. The Morgan fingerprint density at radius 3 is 2.44 bits per heavy atom. The number of carbonyl (C=O) groups excluding carboxylic acids is 3. The van der Waals surface area contributed by atoms with Gasteiger partial charge in [0.1, 0.15) is 0 Å². The third-order valence-electron chi connectivity index (χ3n) is 5.38. The molecule has 0 saturated carbocycles. The van der Waals surface area contributed by atoms with Crippen LogP contribution in [0, 0.1) is 0 Å². The molecule has 10 heteroatoms. The Morgan fingerprint density at radius 2 is 1.79 bits per heavy atom. The summed E-state index contributed by atoms with van der Waals surface area (Å²) in [4.78, 5) is 38.6. The van der Waals surface area contributed by atoms with E-state index in [2.05, 4.69) is 10.4 Å². The number of hydrogen-bond acceptors (Lipinski definition) is 7. The first-order valence-electron chi connectivity index (χ1n) is 10.6. The maximum absolute atomic E-state index is 13.1. The molecule has 0 aliphatic carbocycles. The van der Waals surface area contributed by atoms with E-state index in [-0.39, 0.29) is 12.2 Å². The second-order valence-electron chi connectivity index (χ2n) is 7.51. The molecular weight excluding hydrogens is 440 g/mol. The van der Waals surface area contributed by atoms with E-state index in [1.807, 2.05) is 30.3 Å². The van der Waals surface area contributed by atoms with Gasteiger partial charge in [-0.05, 0) is 36.8 Å². The van der Waals surface area contributed by atoms with Gasteiger partial charge in [-0.15, -0.1) is 0 Å². The minimum atomic E-state index is -1.17. The summed E-state index contributed by atoms with van der Waals surface area (Å²) in [6, 6.07) is 14.0. The fraction of sp³-hybridized carbons (Fsp3) is 0.250. The van der Waals surface area contributed by atoms with Gasteiger partial charge in [-0.25, -0.2) is 14.3 Å². The average Bonchev–Trinajstić information content (AvgIpc) is 3.50. The van der Waals surface area contributed by atoms with Crippen molar-refractivity contribution in [2.24, 2.45) is 0 Å². The minimum Gasteiger partial charge on any atom is -0.493 e. The number of hydrogen-bond donors (Lipinski definition) is 1. The summed E-state index contributed by atoms with van der Waals surface area (Å²) < 4.78 is 17.7. The van der Waals surface area contributed by atoms with Gasteiger partial charge in [-0.3, -0.25) is 9.69 Å². The molecule has 0 spiro atoms. The second kappa shape index (κ2) is 9.65. The van der Waals surface area contributed by atoms with Gasteiger partial charge in [0.15, 0.2) is 23.3 Å². The fourth-order valence-electron chi connectivity index (χ4n) is 3.62. The molecule has 2 aromatic carbocycles. The lowest BCUT2D eigenvalue weighted by atomic mass is 10.1. The normalized spacial score (nSPS) is 13.9. The predicted molar refractivity (Wildman–Crippen MR) is 122 cm³/mol. The number of urea groups is 1. The number of rotatable bonds is 7. The standard InChI is InChI=1S/C24H24N4O6/c1-15(22(29)27-12-11-25-24(27)31)34-23(30)21-18(14-28(26-21)17-7-5-4-6-8-17)16-9-10-19(32-2)20(13-16)33-3/h4-10,13-15H,11-12H2,1-3H3,(H,25,31)/t15-/m0/s1. The smallest absolute Gasteiger partial charge is 0.360 e. The fourth-order valence-corrected chi connectivity index (χ4v) is 3.62. The number of nitrogens with one attached hydrogen (secondary N) is 1. The van der Waals surface area contributed by atoms with E-state index in [4.69, 9.17) is 14.2 Å². The summed E-state index contributed by atoms with van der Waals surface area (Å²) >= 11 is 0. The molecule has 0 unspecified atom stereocenters. The van der Waals surface area contributed by atoms with Gasteiger partial charge in [0.25, 0.3) is 5.91 Å². The largest absolute Gasteiger partial charge is 0.493 e. The number of carbonyl (C=O) groups is 3. The molecule has 1 aliphatic heterocycles. The lowest BCUT2D eigenvalue weighted by Crippen LogP contribution is -2.41. The summed E-state index contributed by atoms with van der Waals surface area (Å²) in [6.45, 7) is 2.01. The zero-order valence-electron chi connectivity index (χ0n) is 19.0. The van der Waals surface area contributed by atoms with Crippen LogP contribution in [-0.4, -0.2) is 66.0 Å². The van der Waals surface area contributed by atoms with Crippen LogP contribution in [0.5, 0.6) is 11.5 Å². The van der Waals surface area contributed by atoms with Gasteiger partial charge in [-0.2, -0.15) is 5.10 Å². The summed E-state index contributed by atoms with van der Waals surface area (Å²) in [6.07, 6.45) is 0.532. The average molecular weight is 464 g/mol. The summed E-state index contributed by atoms with van der Waals surface area (Å²) in [5, 5.41) is 7.00. The Hall–Kier alpha value is -4.34. The van der Waals surface area contributed by atoms with Crippen molar-refractivity contribution in [1.29, 1.82) is 0 Å². The summed E-state index contributed by atoms with van der Waals surface area (Å²) in [5.41, 5.74) is 1.88. The van der Waals surface area contributed by atoms with Crippen LogP contribution in [0.15, 0.2) is 54.7 Å². The molecule has 2 heterocycles. The first kappa shape index (κ1) is 22.8. The number of nitrogens with zero attached hydrogens (tertiary/aromatic N) is 3. The van der Waals surface area contributed by atoms with Crippen molar-refractivity contribution in [2.45, 2.75) is 13.0 Å². The highest BCUT2D eigenvalue weighted by Gasteiger charge is 2.33. The molecule has 1 aliphatic rings. The number of amides is 3. The second-order valence-corrected chi connectivity index (χ2v) is 7.51. The number of imide groups is 1. The molecular formula is C24H24N4O6. The first-order chi connectivity index (χ1) is 16.4. The highest BCUT2D eigenvalue weighted by molar-refractivity contribution is 6.00. The van der Waals surface area contributed by atoms with E-state index in [9.17, 15) is 14.4 Å². The van der Waals surface area contributed by atoms with Gasteiger partial charge in [0.2, 0.25) is 0 Å². The topological polar surface area (TPSA) is 112 Å². The Kier molecular flexibility index (Phi) is 6.48. The number of benzene rings is 2. The van der Waals surface area contributed by atoms with E-state index >= 15 is 0 Å². The molecule has 1 saturated heterocycles. The van der Waals surface area contributed by atoms with Crippen LogP contribution in [0.1, 0.15) is 17.4 Å². The van der Waals surface area contributed by atoms with E-state index < -0.39 is 24.0 Å². The Balaban J connectivity index is 1.69. The van der Waals surface area contributed by atoms with Crippen molar-refractivity contribution in [3.05, 3.63) is 60.4 Å². The van der Waals surface area contributed by atoms with Gasteiger partial charge in [0.05, 0.1) is 19.9 Å². The number of methoxy groups -OCH3 is 2. The number of aromatic nitrogens is 2. The molecule has 1 fully saturated rings. The van der Waals surface area contributed by atoms with Crippen LogP contribution in [0.25, 0.3) is 16.8 Å². The minimum absolute atomic E-state index is 0.0154. The monoisotopic (exact) mass is 464 g/mol. The zero-order valence-corrected chi connectivity index (χ0v) is 19.0. The van der Waals surface area contributed by atoms with Crippen LogP contribution in [-0.2, 0) is 9.53 Å². The maximum Gasteiger partial charge on any atom is 0.360 e. The molecule has 3 aromatic rings. The maximum atomic E-state index is 13.1. The molecule has 1 atom stereocenters. The van der Waals surface area contributed by atoms with E-state index in [0.29, 0.717) is 29.2 Å². The summed E-state index contributed by atoms with van der Waals surface area (Å²) in [7, 11) is 3.05. The van der Waals surface area contributed by atoms with Crippen molar-refractivity contribution in [3.8, 4) is 28.3 Å². The van der Waals surface area contributed by atoms with E-state index in [0.717, 1.165) is 10.6 Å². The zero-order chi connectivity index (χ0) is 24.2. The van der Waals surface area contributed by atoms with Crippen LogP contribution >= 0.6 is 0 Å². The summed E-state index contributed by atoms with van der Waals surface area (Å²) in [5.74, 6) is -0.372. The highest BCUT2D eigenvalue weighted by Crippen LogP contribution is 2.34. The third-order valence-corrected chi connectivity index (χ3v) is 5.38. The molecule has 1 aromatic heterocycles. The lowest BCUT2D eigenvalue weighted by molar-refractivity contribution is -0.136. The van der Waals surface area contributed by atoms with Crippen LogP contribution < -0.4 is 14.8 Å². The molecule has 0 radical (unpaired) electrons. The van der Waals surface area contributed by atoms with Gasteiger partial charge >= 0.3 is 12.0 Å². The Morgan fingerprint density at radius 1 is 1.06 bits per heavy atom.